The van der Waals surface area contributed by atoms with Crippen LogP contribution >= 0.6 is 11.6 Å². The van der Waals surface area contributed by atoms with E-state index in [1.165, 1.54) is 30.3 Å². The molecule has 2 amide bonds. The number of hydrogen-bond acceptors (Lipinski definition) is 7. The molecule has 0 radical (unpaired) electrons. The summed E-state index contributed by atoms with van der Waals surface area (Å²) in [6.07, 6.45) is 0.820. The first kappa shape index (κ1) is 25.2. The number of halogens is 3. The Morgan fingerprint density at radius 2 is 1.92 bits per heavy atom. The number of benzene rings is 2. The van der Waals surface area contributed by atoms with E-state index in [2.05, 4.69) is 20.7 Å². The fourth-order valence-corrected chi connectivity index (χ4v) is 6.01. The van der Waals surface area contributed by atoms with E-state index in [1.807, 2.05) is 6.07 Å². The second-order valence-corrected chi connectivity index (χ2v) is 10.8. The summed E-state index contributed by atoms with van der Waals surface area (Å²) in [5.41, 5.74) is -0.0431. The maximum Gasteiger partial charge on any atom is 0.270 e. The monoisotopic (exact) mass is 556 g/mol. The highest BCUT2D eigenvalue weighted by Crippen LogP contribution is 2.34. The number of nitrogens with one attached hydrogen (secondary N) is 2. The molecule has 2 N–H and O–H groups in total. The molecule has 0 aliphatic carbocycles. The average molecular weight is 557 g/mol. The Kier molecular flexibility index (Phi) is 6.29. The number of amides is 2. The third-order valence-electron chi connectivity index (χ3n) is 5.88. The van der Waals surface area contributed by atoms with Gasteiger partial charge < -0.3 is 10.6 Å². The Morgan fingerprint density at radius 3 is 2.66 bits per heavy atom. The van der Waals surface area contributed by atoms with Crippen molar-refractivity contribution in [2.24, 2.45) is 0 Å². The van der Waals surface area contributed by atoms with Crippen molar-refractivity contribution in [1.82, 2.24) is 25.2 Å². The van der Waals surface area contributed by atoms with Gasteiger partial charge in [-0.3, -0.25) is 9.59 Å². The lowest BCUT2D eigenvalue weighted by molar-refractivity contribution is 0.0933. The van der Waals surface area contributed by atoms with Crippen molar-refractivity contribution in [2.45, 2.75) is 17.5 Å². The Morgan fingerprint density at radius 1 is 1.13 bits per heavy atom. The van der Waals surface area contributed by atoms with Gasteiger partial charge in [0.25, 0.3) is 11.8 Å². The molecule has 38 heavy (non-hydrogen) atoms. The molecule has 192 valence electrons. The van der Waals surface area contributed by atoms with Gasteiger partial charge in [0.05, 0.1) is 39.5 Å². The van der Waals surface area contributed by atoms with Gasteiger partial charge in [0.1, 0.15) is 17.2 Å². The summed E-state index contributed by atoms with van der Waals surface area (Å²) >= 11 is 5.76. The van der Waals surface area contributed by atoms with E-state index in [0.29, 0.717) is 11.1 Å². The number of nitriles is 1. The van der Waals surface area contributed by atoms with Crippen LogP contribution in [-0.2, 0) is 16.4 Å². The second kappa shape index (κ2) is 9.47. The summed E-state index contributed by atoms with van der Waals surface area (Å²) in [6, 6.07) is 10.0. The molecule has 2 aromatic heterocycles. The van der Waals surface area contributed by atoms with Gasteiger partial charge in [0.2, 0.25) is 0 Å². The highest BCUT2D eigenvalue weighted by Gasteiger charge is 2.36. The lowest BCUT2D eigenvalue weighted by Crippen LogP contribution is -2.32. The van der Waals surface area contributed by atoms with Crippen LogP contribution in [0.25, 0.3) is 5.65 Å². The Balaban J connectivity index is 1.43. The number of carbonyl (C=O) groups is 2. The Hall–Kier alpha value is -4.41. The fraction of sp³-hybridized carbons (Fsp3) is 0.125. The maximum absolute atomic E-state index is 14.4. The summed E-state index contributed by atoms with van der Waals surface area (Å²) in [5, 5.41) is 17.9. The molecule has 0 saturated carbocycles. The van der Waals surface area contributed by atoms with E-state index in [1.54, 1.807) is 0 Å². The minimum atomic E-state index is -3.77. The normalized spacial score (nSPS) is 15.6. The molecule has 0 spiro atoms. The second-order valence-electron chi connectivity index (χ2n) is 8.36. The fourth-order valence-electron chi connectivity index (χ4n) is 4.05. The van der Waals surface area contributed by atoms with Crippen LogP contribution < -0.4 is 10.6 Å². The van der Waals surface area contributed by atoms with Crippen LogP contribution in [0.2, 0.25) is 5.02 Å². The van der Waals surface area contributed by atoms with Crippen LogP contribution in [0.15, 0.2) is 53.6 Å². The van der Waals surface area contributed by atoms with Crippen LogP contribution in [0.4, 0.5) is 8.78 Å². The van der Waals surface area contributed by atoms with Gasteiger partial charge in [-0.05, 0) is 35.4 Å². The minimum Gasteiger partial charge on any atom is -0.347 e. The highest BCUT2D eigenvalue weighted by atomic mass is 35.5. The molecule has 10 nitrogen and oxygen atoms in total. The zero-order valence-electron chi connectivity index (χ0n) is 19.1. The number of hydrogen-bond donors (Lipinski definition) is 2. The van der Waals surface area contributed by atoms with Gasteiger partial charge in [-0.15, -0.1) is 0 Å². The van der Waals surface area contributed by atoms with Gasteiger partial charge in [0.15, 0.2) is 21.3 Å². The number of carbonyl (C=O) groups excluding carboxylic acids is 2. The number of rotatable bonds is 5. The highest BCUT2D eigenvalue weighted by molar-refractivity contribution is 7.91. The predicted octanol–water partition coefficient (Wildman–Crippen LogP) is 2.72. The molecule has 1 unspecified atom stereocenters. The molecular weight excluding hydrogens is 542 g/mol. The number of nitrogens with zero attached hydrogens (tertiary/aromatic N) is 4. The third-order valence-corrected chi connectivity index (χ3v) is 7.96. The summed E-state index contributed by atoms with van der Waals surface area (Å²) in [7, 11) is -3.77. The zero-order chi connectivity index (χ0) is 27.2. The van der Waals surface area contributed by atoms with Crippen LogP contribution in [-0.4, -0.2) is 40.6 Å². The first-order valence-corrected chi connectivity index (χ1v) is 12.9. The van der Waals surface area contributed by atoms with Gasteiger partial charge in [-0.25, -0.2) is 26.7 Å². The molecular formula is C24H15ClF2N6O4S. The lowest BCUT2D eigenvalue weighted by atomic mass is 10.1. The van der Waals surface area contributed by atoms with E-state index in [0.717, 1.165) is 22.8 Å². The molecule has 4 aromatic rings. The average Bonchev–Trinajstić information content (AvgIpc) is 3.39. The minimum absolute atomic E-state index is 0.0592. The largest absolute Gasteiger partial charge is 0.347 e. The van der Waals surface area contributed by atoms with Crippen molar-refractivity contribution in [2.75, 3.05) is 5.75 Å². The predicted molar refractivity (Wildman–Crippen MR) is 129 cm³/mol. The quantitative estimate of drug-likeness (QED) is 0.384. The summed E-state index contributed by atoms with van der Waals surface area (Å²) < 4.78 is 53.9. The van der Waals surface area contributed by atoms with E-state index < -0.39 is 50.7 Å². The summed E-state index contributed by atoms with van der Waals surface area (Å²) in [6.45, 7) is -0.0592. The standard InChI is InChI=1S/C24H15ClF2N6O4S/c25-15-5-13(2-4-16(15)26)9-29-23(34)18-7-20(33-22(31-18)17(27)10-30-33)24(35)32-19-11-38(36,37)21-6-12(8-28)1-3-14(19)21/h1-7,10,19H,9,11H2,(H,29,34)(H,32,35). The smallest absolute Gasteiger partial charge is 0.270 e. The molecule has 5 rings (SSSR count). The summed E-state index contributed by atoms with van der Waals surface area (Å²) in [4.78, 5) is 29.9. The first-order chi connectivity index (χ1) is 18.1. The van der Waals surface area contributed by atoms with E-state index in [4.69, 9.17) is 16.9 Å². The number of fused-ring (bicyclic) bond motifs is 2. The van der Waals surface area contributed by atoms with Crippen LogP contribution in [0.5, 0.6) is 0 Å². The van der Waals surface area contributed by atoms with Gasteiger partial charge in [-0.2, -0.15) is 10.4 Å². The van der Waals surface area contributed by atoms with Gasteiger partial charge >= 0.3 is 0 Å². The van der Waals surface area contributed by atoms with Crippen LogP contribution in [0, 0.1) is 23.0 Å². The van der Waals surface area contributed by atoms with E-state index in [-0.39, 0.29) is 33.4 Å². The maximum atomic E-state index is 14.4. The van der Waals surface area contributed by atoms with Crippen molar-refractivity contribution in [3.05, 3.63) is 93.4 Å². The topological polar surface area (TPSA) is 146 Å². The van der Waals surface area contributed by atoms with Crippen molar-refractivity contribution in [1.29, 1.82) is 5.26 Å². The molecule has 1 aliphatic rings. The Bertz CT molecular complexity index is 1800. The first-order valence-electron chi connectivity index (χ1n) is 10.9. The number of aromatic nitrogens is 3. The molecule has 3 heterocycles. The summed E-state index contributed by atoms with van der Waals surface area (Å²) in [5.74, 6) is -3.56. The van der Waals surface area contributed by atoms with Crippen LogP contribution in [0.3, 0.4) is 0 Å². The number of sulfone groups is 1. The molecule has 1 aliphatic heterocycles. The molecule has 0 fully saturated rings. The molecule has 2 aromatic carbocycles. The SMILES string of the molecule is N#Cc1ccc2c(c1)S(=O)(=O)CC2NC(=O)c1cc(C(=O)NCc2ccc(F)c(Cl)c2)nc2c(F)cnn12. The van der Waals surface area contributed by atoms with Crippen LogP contribution in [0.1, 0.15) is 43.7 Å². The van der Waals surface area contributed by atoms with Crippen molar-refractivity contribution < 1.29 is 26.8 Å². The van der Waals surface area contributed by atoms with Crippen molar-refractivity contribution >= 4 is 38.9 Å². The van der Waals surface area contributed by atoms with Gasteiger partial charge in [0, 0.05) is 12.6 Å². The molecule has 0 saturated heterocycles. The Labute approximate surface area is 218 Å². The molecule has 14 heteroatoms. The zero-order valence-corrected chi connectivity index (χ0v) is 20.6. The van der Waals surface area contributed by atoms with Crippen molar-refractivity contribution in [3.63, 3.8) is 0 Å². The molecule has 0 bridgehead atoms. The van der Waals surface area contributed by atoms with Gasteiger partial charge in [-0.1, -0.05) is 23.7 Å². The third kappa shape index (κ3) is 4.55. The lowest BCUT2D eigenvalue weighted by Gasteiger charge is -2.14. The molecule has 1 atom stereocenters. The van der Waals surface area contributed by atoms with Crippen molar-refractivity contribution in [3.8, 4) is 6.07 Å². The van der Waals surface area contributed by atoms with E-state index in [9.17, 15) is 26.8 Å². The van der Waals surface area contributed by atoms with E-state index >= 15 is 0 Å².